The monoisotopic (exact) mass is 353 g/mol. The van der Waals surface area contributed by atoms with E-state index in [2.05, 4.69) is 5.32 Å². The van der Waals surface area contributed by atoms with Gasteiger partial charge in [-0.25, -0.2) is 4.79 Å². The summed E-state index contributed by atoms with van der Waals surface area (Å²) < 4.78 is 10.0. The van der Waals surface area contributed by atoms with Crippen LogP contribution in [0.1, 0.15) is 12.7 Å². The Bertz CT molecular complexity index is 705. The molecule has 7 heteroatoms. The van der Waals surface area contributed by atoms with Crippen molar-refractivity contribution in [2.45, 2.75) is 13.0 Å². The molecule has 0 aliphatic heterocycles. The smallest absolute Gasteiger partial charge is 0.331 e. The van der Waals surface area contributed by atoms with E-state index < -0.39 is 18.0 Å². The number of carbonyl (C=O) groups excluding carboxylic acids is 2. The molecule has 0 aliphatic rings. The van der Waals surface area contributed by atoms with E-state index >= 15 is 0 Å². The zero-order valence-corrected chi connectivity index (χ0v) is 13.6. The van der Waals surface area contributed by atoms with Gasteiger partial charge in [0.15, 0.2) is 6.10 Å². The summed E-state index contributed by atoms with van der Waals surface area (Å²) in [5.41, 5.74) is 0.418. The van der Waals surface area contributed by atoms with Crippen molar-refractivity contribution in [2.24, 2.45) is 0 Å². The van der Waals surface area contributed by atoms with Gasteiger partial charge in [-0.2, -0.15) is 0 Å². The van der Waals surface area contributed by atoms with Gasteiger partial charge >= 0.3 is 5.97 Å². The molecule has 1 N–H and O–H groups in total. The quantitative estimate of drug-likeness (QED) is 0.646. The molecule has 23 heavy (non-hydrogen) atoms. The van der Waals surface area contributed by atoms with Gasteiger partial charge in [0.05, 0.1) is 6.26 Å². The van der Waals surface area contributed by atoms with Crippen molar-refractivity contribution < 1.29 is 18.7 Å². The number of benzene rings is 1. The first kappa shape index (κ1) is 17.1. The van der Waals surface area contributed by atoms with E-state index in [-0.39, 0.29) is 0 Å². The van der Waals surface area contributed by atoms with Crippen LogP contribution >= 0.6 is 23.2 Å². The minimum Gasteiger partial charge on any atom is -0.465 e. The van der Waals surface area contributed by atoms with Crippen molar-refractivity contribution in [3.05, 3.63) is 58.5 Å². The lowest BCUT2D eigenvalue weighted by atomic mass is 10.3. The van der Waals surface area contributed by atoms with Gasteiger partial charge in [-0.15, -0.1) is 0 Å². The fourth-order valence-corrected chi connectivity index (χ4v) is 2.20. The highest BCUT2D eigenvalue weighted by molar-refractivity contribution is 6.35. The number of hydrogen-bond acceptors (Lipinski definition) is 4. The second-order valence-electron chi connectivity index (χ2n) is 4.58. The van der Waals surface area contributed by atoms with Gasteiger partial charge in [-0.1, -0.05) is 23.2 Å². The number of hydrogen-bond donors (Lipinski definition) is 1. The maximum absolute atomic E-state index is 12.0. The summed E-state index contributed by atoms with van der Waals surface area (Å²) in [5.74, 6) is -0.649. The van der Waals surface area contributed by atoms with Crippen LogP contribution in [0, 0.1) is 0 Å². The molecule has 1 aromatic heterocycles. The van der Waals surface area contributed by atoms with Gasteiger partial charge in [-0.05, 0) is 43.3 Å². The summed E-state index contributed by atoms with van der Waals surface area (Å²) in [7, 11) is 0. The Kier molecular flexibility index (Phi) is 5.84. The first-order valence-corrected chi connectivity index (χ1v) is 7.39. The van der Waals surface area contributed by atoms with E-state index in [1.165, 1.54) is 37.5 Å². The molecule has 0 saturated heterocycles. The number of nitrogens with one attached hydrogen (secondary N) is 1. The molecule has 0 saturated carbocycles. The van der Waals surface area contributed by atoms with Crippen LogP contribution in [0.4, 0.5) is 5.69 Å². The molecule has 0 fully saturated rings. The van der Waals surface area contributed by atoms with E-state index in [9.17, 15) is 9.59 Å². The van der Waals surface area contributed by atoms with Crippen LogP contribution in [0.3, 0.4) is 0 Å². The van der Waals surface area contributed by atoms with Crippen molar-refractivity contribution >= 4 is 46.8 Å². The lowest BCUT2D eigenvalue weighted by Gasteiger charge is -2.12. The summed E-state index contributed by atoms with van der Waals surface area (Å²) in [6, 6.07) is 8.00. The highest BCUT2D eigenvalue weighted by Crippen LogP contribution is 2.22. The van der Waals surface area contributed by atoms with Crippen molar-refractivity contribution in [1.82, 2.24) is 0 Å². The molecule has 0 unspecified atom stereocenters. The number of carbonyl (C=O) groups is 2. The predicted octanol–water partition coefficient (Wildman–Crippen LogP) is 4.17. The van der Waals surface area contributed by atoms with Crippen LogP contribution in [-0.4, -0.2) is 18.0 Å². The minimum atomic E-state index is -0.985. The average molecular weight is 354 g/mol. The molecule has 0 bridgehead atoms. The molecule has 1 amide bonds. The standard InChI is InChI=1S/C16H13Cl2NO4/c1-10(23-15(20)5-4-14-3-2-6-22-14)16(21)19-13-8-11(17)7-12(18)9-13/h2-10H,1H3,(H,19,21)/b5-4+/t10-/m1/s1. The SMILES string of the molecule is C[C@@H](OC(=O)/C=C/c1ccco1)C(=O)Nc1cc(Cl)cc(Cl)c1. The highest BCUT2D eigenvalue weighted by atomic mass is 35.5. The third-order valence-corrected chi connectivity index (χ3v) is 3.16. The second-order valence-corrected chi connectivity index (χ2v) is 5.45. The molecule has 1 atom stereocenters. The Morgan fingerprint density at radius 3 is 2.57 bits per heavy atom. The van der Waals surface area contributed by atoms with Crippen LogP contribution in [0.5, 0.6) is 0 Å². The fraction of sp³-hybridized carbons (Fsp3) is 0.125. The predicted molar refractivity (Wildman–Crippen MR) is 88.4 cm³/mol. The van der Waals surface area contributed by atoms with Crippen LogP contribution in [0.25, 0.3) is 6.08 Å². The Balaban J connectivity index is 1.90. The number of anilines is 1. The first-order chi connectivity index (χ1) is 10.9. The molecule has 1 aromatic carbocycles. The van der Waals surface area contributed by atoms with Crippen LogP contribution < -0.4 is 5.32 Å². The Labute approximate surface area is 142 Å². The third kappa shape index (κ3) is 5.47. The first-order valence-electron chi connectivity index (χ1n) is 6.63. The largest absolute Gasteiger partial charge is 0.465 e. The second kappa shape index (κ2) is 7.85. The molecule has 120 valence electrons. The zero-order chi connectivity index (χ0) is 16.8. The highest BCUT2D eigenvalue weighted by Gasteiger charge is 2.17. The van der Waals surface area contributed by atoms with Crippen LogP contribution in [0.2, 0.25) is 10.0 Å². The number of esters is 1. The minimum absolute atomic E-state index is 0.388. The Hall–Kier alpha value is -2.24. The van der Waals surface area contributed by atoms with Gasteiger partial charge in [0.2, 0.25) is 0 Å². The van der Waals surface area contributed by atoms with Gasteiger partial charge in [0.25, 0.3) is 5.91 Å². The van der Waals surface area contributed by atoms with Gasteiger partial charge in [-0.3, -0.25) is 4.79 Å². The summed E-state index contributed by atoms with van der Waals surface area (Å²) in [4.78, 5) is 23.6. The number of rotatable bonds is 5. The lowest BCUT2D eigenvalue weighted by Crippen LogP contribution is -2.29. The van der Waals surface area contributed by atoms with Crippen molar-refractivity contribution in [1.29, 1.82) is 0 Å². The van der Waals surface area contributed by atoms with Crippen LogP contribution in [0.15, 0.2) is 47.1 Å². The van der Waals surface area contributed by atoms with Gasteiger partial charge in [0, 0.05) is 21.8 Å². The normalized spacial score (nSPS) is 12.1. The van der Waals surface area contributed by atoms with E-state index in [0.717, 1.165) is 0 Å². The van der Waals surface area contributed by atoms with Crippen molar-refractivity contribution in [2.75, 3.05) is 5.32 Å². The van der Waals surface area contributed by atoms with Gasteiger partial charge in [0.1, 0.15) is 5.76 Å². The maximum atomic E-state index is 12.0. The van der Waals surface area contributed by atoms with E-state index in [1.807, 2.05) is 0 Å². The molecule has 1 heterocycles. The Morgan fingerprint density at radius 1 is 1.26 bits per heavy atom. The number of ether oxygens (including phenoxy) is 1. The topological polar surface area (TPSA) is 68.5 Å². The molecule has 0 aliphatic carbocycles. The lowest BCUT2D eigenvalue weighted by molar-refractivity contribution is -0.148. The van der Waals surface area contributed by atoms with Crippen LogP contribution in [-0.2, 0) is 14.3 Å². The maximum Gasteiger partial charge on any atom is 0.331 e. The van der Waals surface area contributed by atoms with E-state index in [1.54, 1.807) is 18.2 Å². The number of furan rings is 1. The summed E-state index contributed by atoms with van der Waals surface area (Å²) >= 11 is 11.7. The fourth-order valence-electron chi connectivity index (χ4n) is 1.67. The van der Waals surface area contributed by atoms with E-state index in [4.69, 9.17) is 32.4 Å². The summed E-state index contributed by atoms with van der Waals surface area (Å²) in [6.07, 6.45) is 3.13. The molecule has 0 radical (unpaired) electrons. The molecule has 5 nitrogen and oxygen atoms in total. The molecular formula is C16H13Cl2NO4. The number of amides is 1. The summed E-state index contributed by atoms with van der Waals surface area (Å²) in [5, 5.41) is 3.35. The third-order valence-electron chi connectivity index (χ3n) is 2.72. The Morgan fingerprint density at radius 2 is 1.96 bits per heavy atom. The molecule has 2 rings (SSSR count). The zero-order valence-electron chi connectivity index (χ0n) is 12.1. The molecule has 2 aromatic rings. The molecule has 0 spiro atoms. The number of halogens is 2. The summed E-state index contributed by atoms with van der Waals surface area (Å²) in [6.45, 7) is 1.46. The molecular weight excluding hydrogens is 341 g/mol. The van der Waals surface area contributed by atoms with E-state index in [0.29, 0.717) is 21.5 Å². The van der Waals surface area contributed by atoms with Crippen molar-refractivity contribution in [3.8, 4) is 0 Å². The van der Waals surface area contributed by atoms with Crippen molar-refractivity contribution in [3.63, 3.8) is 0 Å². The average Bonchev–Trinajstić information content (AvgIpc) is 2.97. The van der Waals surface area contributed by atoms with Gasteiger partial charge < -0.3 is 14.5 Å².